The summed E-state index contributed by atoms with van der Waals surface area (Å²) in [6, 6.07) is 0. The van der Waals surface area contributed by atoms with Crippen molar-refractivity contribution in [1.82, 2.24) is 9.80 Å². The zero-order valence-corrected chi connectivity index (χ0v) is 12.6. The first-order chi connectivity index (χ1) is 10.2. The van der Waals surface area contributed by atoms with E-state index in [2.05, 4.69) is 11.5 Å². The average Bonchev–Trinajstić information content (AvgIpc) is 2.90. The summed E-state index contributed by atoms with van der Waals surface area (Å²) >= 11 is 0. The van der Waals surface area contributed by atoms with E-state index in [0.717, 1.165) is 19.6 Å². The molecule has 0 saturated carbocycles. The molecule has 6 nitrogen and oxygen atoms in total. The maximum atomic E-state index is 12.0. The fraction of sp³-hybridized carbons (Fsp3) is 0.800. The monoisotopic (exact) mass is 296 g/mol. The molecule has 0 aromatic heterocycles. The van der Waals surface area contributed by atoms with Crippen molar-refractivity contribution < 1.29 is 19.0 Å². The van der Waals surface area contributed by atoms with Gasteiger partial charge in [-0.05, 0) is 6.92 Å². The van der Waals surface area contributed by atoms with Crippen molar-refractivity contribution in [3.05, 3.63) is 12.7 Å². The SMILES string of the molecule is C=CCN1CC2CN(C(=O)OCC)CC(C1)C21OCCO1. The fourth-order valence-electron chi connectivity index (χ4n) is 3.87. The van der Waals surface area contributed by atoms with E-state index in [9.17, 15) is 4.79 Å². The molecule has 1 spiro atoms. The highest BCUT2D eigenvalue weighted by Crippen LogP contribution is 2.44. The lowest BCUT2D eigenvalue weighted by atomic mass is 9.78. The van der Waals surface area contributed by atoms with Crippen molar-refractivity contribution in [3.63, 3.8) is 0 Å². The van der Waals surface area contributed by atoms with E-state index in [1.165, 1.54) is 0 Å². The number of likely N-dealkylation sites (tertiary alicyclic amines) is 2. The van der Waals surface area contributed by atoms with E-state index in [1.54, 1.807) is 4.90 Å². The Kier molecular flexibility index (Phi) is 4.19. The van der Waals surface area contributed by atoms with Crippen molar-refractivity contribution >= 4 is 6.09 Å². The fourth-order valence-corrected chi connectivity index (χ4v) is 3.87. The zero-order valence-electron chi connectivity index (χ0n) is 12.6. The molecule has 0 N–H and O–H groups in total. The number of piperidine rings is 2. The van der Waals surface area contributed by atoms with Crippen LogP contribution in [0.2, 0.25) is 0 Å². The Morgan fingerprint density at radius 2 is 1.90 bits per heavy atom. The normalized spacial score (nSPS) is 31.4. The molecule has 3 saturated heterocycles. The van der Waals surface area contributed by atoms with E-state index < -0.39 is 5.79 Å². The van der Waals surface area contributed by atoms with Gasteiger partial charge in [0.15, 0.2) is 5.79 Å². The Bertz CT molecular complexity index is 390. The highest BCUT2D eigenvalue weighted by molar-refractivity contribution is 5.67. The largest absolute Gasteiger partial charge is 0.450 e. The van der Waals surface area contributed by atoms with Crippen LogP contribution in [0.3, 0.4) is 0 Å². The first-order valence-electron chi connectivity index (χ1n) is 7.72. The summed E-state index contributed by atoms with van der Waals surface area (Å²) < 4.78 is 17.2. The molecular weight excluding hydrogens is 272 g/mol. The quantitative estimate of drug-likeness (QED) is 0.725. The minimum atomic E-state index is -0.499. The summed E-state index contributed by atoms with van der Waals surface area (Å²) in [5.41, 5.74) is 0. The number of nitrogens with zero attached hydrogens (tertiary/aromatic N) is 2. The van der Waals surface area contributed by atoms with Crippen molar-refractivity contribution in [2.75, 3.05) is 52.5 Å². The summed E-state index contributed by atoms with van der Waals surface area (Å²) in [7, 11) is 0. The minimum absolute atomic E-state index is 0.164. The van der Waals surface area contributed by atoms with Crippen LogP contribution < -0.4 is 0 Å². The molecule has 2 bridgehead atoms. The van der Waals surface area contributed by atoms with Gasteiger partial charge in [-0.25, -0.2) is 4.79 Å². The van der Waals surface area contributed by atoms with Crippen LogP contribution in [0, 0.1) is 11.8 Å². The lowest BCUT2D eigenvalue weighted by Crippen LogP contribution is -2.68. The third-order valence-electron chi connectivity index (χ3n) is 4.63. The molecule has 6 heteroatoms. The molecule has 3 heterocycles. The third-order valence-corrected chi connectivity index (χ3v) is 4.63. The summed E-state index contributed by atoms with van der Waals surface area (Å²) in [5.74, 6) is -0.172. The number of hydrogen-bond donors (Lipinski definition) is 0. The van der Waals surface area contributed by atoms with Gasteiger partial charge < -0.3 is 19.1 Å². The first-order valence-corrected chi connectivity index (χ1v) is 7.72. The maximum absolute atomic E-state index is 12.0. The molecule has 0 aromatic rings. The van der Waals surface area contributed by atoms with Crippen molar-refractivity contribution in [2.24, 2.45) is 11.8 Å². The van der Waals surface area contributed by atoms with Crippen LogP contribution in [-0.4, -0.2) is 74.2 Å². The van der Waals surface area contributed by atoms with Crippen LogP contribution in [0.25, 0.3) is 0 Å². The molecular formula is C15H24N2O4. The molecule has 3 aliphatic heterocycles. The molecule has 2 atom stereocenters. The Morgan fingerprint density at radius 1 is 1.29 bits per heavy atom. The molecule has 3 fully saturated rings. The molecule has 118 valence electrons. The zero-order chi connectivity index (χ0) is 14.9. The first kappa shape index (κ1) is 14.8. The Morgan fingerprint density at radius 3 is 2.43 bits per heavy atom. The predicted octanol–water partition coefficient (Wildman–Crippen LogP) is 0.936. The Labute approximate surface area is 125 Å². The van der Waals surface area contributed by atoms with E-state index in [4.69, 9.17) is 14.2 Å². The summed E-state index contributed by atoms with van der Waals surface area (Å²) in [6.07, 6.45) is 1.70. The molecule has 0 radical (unpaired) electrons. The average molecular weight is 296 g/mol. The van der Waals surface area contributed by atoms with Crippen molar-refractivity contribution in [1.29, 1.82) is 0 Å². The van der Waals surface area contributed by atoms with Crippen LogP contribution in [0.5, 0.6) is 0 Å². The van der Waals surface area contributed by atoms with E-state index >= 15 is 0 Å². The van der Waals surface area contributed by atoms with Crippen LogP contribution in [0.15, 0.2) is 12.7 Å². The number of amides is 1. The van der Waals surface area contributed by atoms with Gasteiger partial charge >= 0.3 is 6.09 Å². The Hall–Kier alpha value is -1.11. The molecule has 0 aromatic carbocycles. The van der Waals surface area contributed by atoms with Gasteiger partial charge in [-0.1, -0.05) is 6.08 Å². The van der Waals surface area contributed by atoms with Gasteiger partial charge in [0.05, 0.1) is 19.8 Å². The second-order valence-corrected chi connectivity index (χ2v) is 5.92. The highest BCUT2D eigenvalue weighted by atomic mass is 16.7. The molecule has 3 rings (SSSR count). The number of ether oxygens (including phenoxy) is 3. The lowest BCUT2D eigenvalue weighted by molar-refractivity contribution is -0.273. The van der Waals surface area contributed by atoms with Gasteiger partial charge in [0.25, 0.3) is 0 Å². The molecule has 3 aliphatic rings. The number of carbonyl (C=O) groups is 1. The topological polar surface area (TPSA) is 51.2 Å². The van der Waals surface area contributed by atoms with Gasteiger partial charge in [-0.2, -0.15) is 0 Å². The molecule has 2 unspecified atom stereocenters. The predicted molar refractivity (Wildman–Crippen MR) is 76.8 cm³/mol. The van der Waals surface area contributed by atoms with Crippen LogP contribution in [0.1, 0.15) is 6.92 Å². The van der Waals surface area contributed by atoms with E-state index in [0.29, 0.717) is 32.9 Å². The maximum Gasteiger partial charge on any atom is 0.409 e. The van der Waals surface area contributed by atoms with Gasteiger partial charge in [0.2, 0.25) is 0 Å². The minimum Gasteiger partial charge on any atom is -0.450 e. The van der Waals surface area contributed by atoms with Gasteiger partial charge in [0.1, 0.15) is 0 Å². The summed E-state index contributed by atoms with van der Waals surface area (Å²) in [5, 5.41) is 0. The van der Waals surface area contributed by atoms with Gasteiger partial charge in [0, 0.05) is 44.6 Å². The van der Waals surface area contributed by atoms with Gasteiger partial charge in [-0.3, -0.25) is 4.90 Å². The van der Waals surface area contributed by atoms with Gasteiger partial charge in [-0.15, -0.1) is 6.58 Å². The third kappa shape index (κ3) is 2.56. The van der Waals surface area contributed by atoms with Crippen molar-refractivity contribution in [3.8, 4) is 0 Å². The van der Waals surface area contributed by atoms with Crippen LogP contribution in [-0.2, 0) is 14.2 Å². The smallest absolute Gasteiger partial charge is 0.409 e. The number of hydrogen-bond acceptors (Lipinski definition) is 5. The second-order valence-electron chi connectivity index (χ2n) is 5.92. The lowest BCUT2D eigenvalue weighted by Gasteiger charge is -2.54. The molecule has 1 amide bonds. The number of carbonyl (C=O) groups excluding carboxylic acids is 1. The summed E-state index contributed by atoms with van der Waals surface area (Å²) in [4.78, 5) is 16.2. The molecule has 0 aliphatic carbocycles. The second kappa shape index (κ2) is 5.94. The van der Waals surface area contributed by atoms with Crippen LogP contribution in [0.4, 0.5) is 4.79 Å². The molecule has 21 heavy (non-hydrogen) atoms. The van der Waals surface area contributed by atoms with E-state index in [-0.39, 0.29) is 17.9 Å². The summed E-state index contributed by atoms with van der Waals surface area (Å²) in [6.45, 7) is 11.2. The highest BCUT2D eigenvalue weighted by Gasteiger charge is 2.58. The van der Waals surface area contributed by atoms with Crippen LogP contribution >= 0.6 is 0 Å². The van der Waals surface area contributed by atoms with E-state index in [1.807, 2.05) is 13.0 Å². The number of rotatable bonds is 3. The standard InChI is InChI=1S/C15H24N2O4/c1-3-5-16-8-12-10-17(14(18)19-4-2)11-13(9-16)15(12)20-6-7-21-15/h3,12-13H,1,4-11H2,2H3. The Balaban J connectivity index is 1.77. The van der Waals surface area contributed by atoms with Crippen molar-refractivity contribution in [2.45, 2.75) is 12.7 Å².